The zero-order valence-electron chi connectivity index (χ0n) is 17.7. The number of anilines is 1. The second-order valence-corrected chi connectivity index (χ2v) is 8.13. The van der Waals surface area contributed by atoms with Crippen molar-refractivity contribution in [3.05, 3.63) is 57.6 Å². The van der Waals surface area contributed by atoms with E-state index in [4.69, 9.17) is 4.74 Å². The minimum Gasteiger partial charge on any atom is -0.505 e. The van der Waals surface area contributed by atoms with Gasteiger partial charge in [0.05, 0.1) is 35.7 Å². The first kappa shape index (κ1) is 21.6. The highest BCUT2D eigenvalue weighted by atomic mass is 16.6. The fourth-order valence-corrected chi connectivity index (χ4v) is 3.91. The van der Waals surface area contributed by atoms with Crippen molar-refractivity contribution in [1.29, 1.82) is 0 Å². The fourth-order valence-electron chi connectivity index (χ4n) is 3.91. The van der Waals surface area contributed by atoms with E-state index in [1.54, 1.807) is 12.0 Å². The van der Waals surface area contributed by atoms with Gasteiger partial charge in [-0.2, -0.15) is 0 Å². The Kier molecular flexibility index (Phi) is 5.98. The number of ether oxygens (including phenoxy) is 1. The molecule has 8 nitrogen and oxygen atoms in total. The second kappa shape index (κ2) is 8.31. The smallest absolute Gasteiger partial charge is 0.273 e. The maximum Gasteiger partial charge on any atom is 0.273 e. The van der Waals surface area contributed by atoms with E-state index in [0.29, 0.717) is 30.6 Å². The molecule has 30 heavy (non-hydrogen) atoms. The lowest BCUT2D eigenvalue weighted by Gasteiger charge is -2.36. The number of aromatic hydroxyl groups is 1. The van der Waals surface area contributed by atoms with Crippen LogP contribution in [0.25, 0.3) is 0 Å². The number of nitro benzene ring substituents is 1. The summed E-state index contributed by atoms with van der Waals surface area (Å²) in [6.45, 7) is 0.295. The molecule has 1 N–H and O–H groups in total. The number of phenols is 1. The van der Waals surface area contributed by atoms with Crippen molar-refractivity contribution in [3.63, 3.8) is 0 Å². The van der Waals surface area contributed by atoms with Crippen LogP contribution in [0, 0.1) is 10.1 Å². The predicted molar refractivity (Wildman–Crippen MR) is 114 cm³/mol. The summed E-state index contributed by atoms with van der Waals surface area (Å²) in [5, 5.41) is 21.6. The number of nitro groups is 1. The van der Waals surface area contributed by atoms with Crippen molar-refractivity contribution in [3.8, 4) is 11.5 Å². The van der Waals surface area contributed by atoms with Crippen molar-refractivity contribution >= 4 is 17.3 Å². The number of carbonyl (C=O) groups is 1. The third-order valence-electron chi connectivity index (χ3n) is 5.43. The van der Waals surface area contributed by atoms with Gasteiger partial charge in [-0.1, -0.05) is 18.6 Å². The number of fused-ring (bicyclic) bond motifs is 2. The molecule has 2 aromatic rings. The van der Waals surface area contributed by atoms with Crippen LogP contribution >= 0.6 is 0 Å². The summed E-state index contributed by atoms with van der Waals surface area (Å²) in [6, 6.07) is 9.90. The second-order valence-electron chi connectivity index (χ2n) is 8.13. The molecule has 160 valence electrons. The molecule has 8 heteroatoms. The van der Waals surface area contributed by atoms with Gasteiger partial charge in [0.1, 0.15) is 11.5 Å². The molecule has 1 spiro atoms. The molecule has 1 aliphatic heterocycles. The number of amides is 1. The molecule has 2 aliphatic rings. The number of rotatable bonds is 4. The standard InChI is InChI=1S/C19H18N2O5.C3H9N/c1-26-14-5-3-12(4-6-14)11-20-17-15(19(18(20)23)7-2-8-19)9-13(21(24)25)10-16(17)22;1-4(2)3/h3-6,9-10,22H,2,7-8,11H2,1H3;1-3H3. The Balaban J connectivity index is 0.000000589. The first-order valence-corrected chi connectivity index (χ1v) is 9.77. The Hall–Kier alpha value is -3.13. The van der Waals surface area contributed by atoms with Crippen LogP contribution in [-0.4, -0.2) is 49.1 Å². The zero-order chi connectivity index (χ0) is 22.1. The molecular formula is C22H27N3O5. The first-order chi connectivity index (χ1) is 14.2. The van der Waals surface area contributed by atoms with E-state index < -0.39 is 10.3 Å². The van der Waals surface area contributed by atoms with Gasteiger partial charge in [0.15, 0.2) is 0 Å². The van der Waals surface area contributed by atoms with Gasteiger partial charge in [-0.05, 0) is 51.7 Å². The summed E-state index contributed by atoms with van der Waals surface area (Å²) in [5.74, 6) is 0.404. The van der Waals surface area contributed by atoms with E-state index in [9.17, 15) is 20.0 Å². The van der Waals surface area contributed by atoms with Crippen LogP contribution in [0.3, 0.4) is 0 Å². The number of phenolic OH excluding ortho intramolecular Hbond substituents is 1. The third-order valence-corrected chi connectivity index (χ3v) is 5.43. The summed E-state index contributed by atoms with van der Waals surface area (Å²) in [7, 11) is 7.58. The summed E-state index contributed by atoms with van der Waals surface area (Å²) < 4.78 is 5.15. The monoisotopic (exact) mass is 413 g/mol. The van der Waals surface area contributed by atoms with Crippen LogP contribution in [0.1, 0.15) is 30.4 Å². The number of benzene rings is 2. The molecule has 1 fully saturated rings. The van der Waals surface area contributed by atoms with Crippen molar-refractivity contribution in [1.82, 2.24) is 4.90 Å². The average Bonchev–Trinajstić information content (AvgIpc) is 2.90. The maximum atomic E-state index is 13.1. The minimum atomic E-state index is -0.731. The van der Waals surface area contributed by atoms with Crippen LogP contribution in [0.5, 0.6) is 11.5 Å². The lowest BCUT2D eigenvalue weighted by Crippen LogP contribution is -2.44. The average molecular weight is 413 g/mol. The molecule has 1 saturated carbocycles. The largest absolute Gasteiger partial charge is 0.505 e. The minimum absolute atomic E-state index is 0.0923. The van der Waals surface area contributed by atoms with Gasteiger partial charge in [-0.25, -0.2) is 0 Å². The fraction of sp³-hybridized carbons (Fsp3) is 0.409. The van der Waals surface area contributed by atoms with Crippen LogP contribution in [0.4, 0.5) is 11.4 Å². The number of nitrogens with zero attached hydrogens (tertiary/aromatic N) is 3. The Morgan fingerprint density at radius 3 is 2.27 bits per heavy atom. The number of non-ortho nitro benzene ring substituents is 1. The topological polar surface area (TPSA) is 96.2 Å². The molecule has 0 aromatic heterocycles. The molecule has 4 rings (SSSR count). The van der Waals surface area contributed by atoms with Crippen molar-refractivity contribution in [2.45, 2.75) is 31.2 Å². The molecule has 1 heterocycles. The SMILES string of the molecule is CN(C)C.COc1ccc(CN2C(=O)C3(CCC3)c3cc([N+](=O)[O-])cc(O)c32)cc1. The molecule has 0 radical (unpaired) electrons. The number of hydrogen-bond acceptors (Lipinski definition) is 6. The highest BCUT2D eigenvalue weighted by Crippen LogP contribution is 2.57. The van der Waals surface area contributed by atoms with Gasteiger partial charge in [-0.3, -0.25) is 14.9 Å². The van der Waals surface area contributed by atoms with E-state index in [0.717, 1.165) is 23.8 Å². The van der Waals surface area contributed by atoms with Crippen LogP contribution < -0.4 is 9.64 Å². The molecule has 0 bridgehead atoms. The van der Waals surface area contributed by atoms with Gasteiger partial charge in [-0.15, -0.1) is 0 Å². The first-order valence-electron chi connectivity index (χ1n) is 9.77. The summed E-state index contributed by atoms with van der Waals surface area (Å²) in [5.41, 5.74) is 0.946. The van der Waals surface area contributed by atoms with Gasteiger partial charge in [0, 0.05) is 11.6 Å². The predicted octanol–water partition coefficient (Wildman–Crippen LogP) is 3.46. The summed E-state index contributed by atoms with van der Waals surface area (Å²) in [4.78, 5) is 27.3. The molecular weight excluding hydrogens is 386 g/mol. The molecule has 0 atom stereocenters. The van der Waals surface area contributed by atoms with Gasteiger partial charge in [0.2, 0.25) is 5.91 Å². The number of methoxy groups -OCH3 is 1. The van der Waals surface area contributed by atoms with Crippen molar-refractivity contribution < 1.29 is 19.6 Å². The van der Waals surface area contributed by atoms with Crippen LogP contribution in [0.15, 0.2) is 36.4 Å². The Morgan fingerprint density at radius 1 is 1.20 bits per heavy atom. The van der Waals surface area contributed by atoms with Gasteiger partial charge < -0.3 is 19.6 Å². The summed E-state index contributed by atoms with van der Waals surface area (Å²) in [6.07, 6.45) is 2.20. The normalized spacial score (nSPS) is 16.0. The number of carbonyl (C=O) groups excluding carboxylic acids is 1. The lowest BCUT2D eigenvalue weighted by atomic mass is 9.65. The van der Waals surface area contributed by atoms with Gasteiger partial charge >= 0.3 is 0 Å². The van der Waals surface area contributed by atoms with Crippen molar-refractivity contribution in [2.24, 2.45) is 0 Å². The quantitative estimate of drug-likeness (QED) is 0.609. The molecule has 2 aromatic carbocycles. The third kappa shape index (κ3) is 3.82. The Bertz CT molecular complexity index is 949. The van der Waals surface area contributed by atoms with E-state index in [1.165, 1.54) is 6.07 Å². The van der Waals surface area contributed by atoms with Crippen LogP contribution in [-0.2, 0) is 16.8 Å². The highest BCUT2D eigenvalue weighted by molar-refractivity contribution is 6.10. The summed E-state index contributed by atoms with van der Waals surface area (Å²) >= 11 is 0. The molecule has 0 unspecified atom stereocenters. The Morgan fingerprint density at radius 2 is 1.80 bits per heavy atom. The van der Waals surface area contributed by atoms with E-state index >= 15 is 0 Å². The molecule has 1 amide bonds. The van der Waals surface area contributed by atoms with E-state index in [-0.39, 0.29) is 17.3 Å². The van der Waals surface area contributed by atoms with Crippen LogP contribution in [0.2, 0.25) is 0 Å². The maximum absolute atomic E-state index is 13.1. The van der Waals surface area contributed by atoms with Crippen molar-refractivity contribution in [2.75, 3.05) is 33.2 Å². The highest BCUT2D eigenvalue weighted by Gasteiger charge is 2.55. The zero-order valence-corrected chi connectivity index (χ0v) is 17.7. The van der Waals surface area contributed by atoms with E-state index in [2.05, 4.69) is 0 Å². The Labute approximate surface area is 175 Å². The lowest BCUT2D eigenvalue weighted by molar-refractivity contribution is -0.385. The molecule has 1 aliphatic carbocycles. The molecule has 0 saturated heterocycles. The number of hydrogen-bond donors (Lipinski definition) is 1. The van der Waals surface area contributed by atoms with Gasteiger partial charge in [0.25, 0.3) is 5.69 Å². The van der Waals surface area contributed by atoms with E-state index in [1.807, 2.05) is 50.3 Å².